The van der Waals surface area contributed by atoms with E-state index in [2.05, 4.69) is 15.3 Å². The number of piperazine rings is 1. The number of alkyl halides is 3. The standard InChI is InChI=1S/C24H22F3N5O2/c25-24(26,27)19-8-4-5-9-20(19)30-21(33)16-31-10-12-32(13-11-31)23(34)18-14-28-22(29-15-18)17-6-2-1-3-7-17/h1-9,14-15H,10-13,16H2,(H,30,33). The van der Waals surface area contributed by atoms with E-state index in [1.54, 1.807) is 9.80 Å². The maximum atomic E-state index is 13.1. The van der Waals surface area contributed by atoms with Crippen LogP contribution in [-0.4, -0.2) is 64.3 Å². The number of halogens is 3. The van der Waals surface area contributed by atoms with E-state index in [1.165, 1.54) is 30.6 Å². The number of para-hydroxylation sites is 1. The Kier molecular flexibility index (Phi) is 6.87. The predicted molar refractivity (Wildman–Crippen MR) is 120 cm³/mol. The lowest BCUT2D eigenvalue weighted by atomic mass is 10.1. The average molecular weight is 469 g/mol. The molecule has 0 bridgehead atoms. The number of carbonyl (C=O) groups excluding carboxylic acids is 2. The number of hydrogen-bond acceptors (Lipinski definition) is 5. The number of aromatic nitrogens is 2. The highest BCUT2D eigenvalue weighted by molar-refractivity contribution is 5.94. The molecule has 0 aliphatic carbocycles. The third kappa shape index (κ3) is 5.57. The molecule has 0 atom stereocenters. The molecule has 176 valence electrons. The Morgan fingerprint density at radius 1 is 0.882 bits per heavy atom. The fourth-order valence-corrected chi connectivity index (χ4v) is 3.70. The second-order valence-corrected chi connectivity index (χ2v) is 7.82. The molecule has 2 amide bonds. The topological polar surface area (TPSA) is 78.4 Å². The fraction of sp³-hybridized carbons (Fsp3) is 0.250. The molecule has 2 heterocycles. The van der Waals surface area contributed by atoms with Gasteiger partial charge in [0.05, 0.1) is 23.4 Å². The quantitative estimate of drug-likeness (QED) is 0.618. The molecule has 0 unspecified atom stereocenters. The number of benzene rings is 2. The summed E-state index contributed by atoms with van der Waals surface area (Å²) in [7, 11) is 0. The van der Waals surface area contributed by atoms with Crippen LogP contribution in [0.2, 0.25) is 0 Å². The van der Waals surface area contributed by atoms with E-state index >= 15 is 0 Å². The highest BCUT2D eigenvalue weighted by Crippen LogP contribution is 2.34. The first-order valence-corrected chi connectivity index (χ1v) is 10.7. The van der Waals surface area contributed by atoms with Crippen LogP contribution in [0.4, 0.5) is 18.9 Å². The zero-order valence-electron chi connectivity index (χ0n) is 18.1. The van der Waals surface area contributed by atoms with Gasteiger partial charge in [-0.15, -0.1) is 0 Å². The number of nitrogens with zero attached hydrogens (tertiary/aromatic N) is 4. The number of hydrogen-bond donors (Lipinski definition) is 1. The molecule has 0 spiro atoms. The van der Waals surface area contributed by atoms with E-state index in [0.717, 1.165) is 11.6 Å². The second-order valence-electron chi connectivity index (χ2n) is 7.82. The van der Waals surface area contributed by atoms with Gasteiger partial charge in [0.25, 0.3) is 5.91 Å². The van der Waals surface area contributed by atoms with Crippen molar-refractivity contribution in [2.45, 2.75) is 6.18 Å². The number of nitrogens with one attached hydrogen (secondary N) is 1. The third-order valence-electron chi connectivity index (χ3n) is 5.46. The Hall–Kier alpha value is -3.79. The van der Waals surface area contributed by atoms with E-state index < -0.39 is 17.6 Å². The van der Waals surface area contributed by atoms with Gasteiger partial charge < -0.3 is 10.2 Å². The number of anilines is 1. The van der Waals surface area contributed by atoms with Crippen molar-refractivity contribution in [3.63, 3.8) is 0 Å². The highest BCUT2D eigenvalue weighted by atomic mass is 19.4. The summed E-state index contributed by atoms with van der Waals surface area (Å²) in [6.45, 7) is 1.53. The fourth-order valence-electron chi connectivity index (χ4n) is 3.70. The van der Waals surface area contributed by atoms with Crippen molar-refractivity contribution in [3.8, 4) is 11.4 Å². The Morgan fingerprint density at radius 3 is 2.15 bits per heavy atom. The van der Waals surface area contributed by atoms with Crippen LogP contribution >= 0.6 is 0 Å². The van der Waals surface area contributed by atoms with Gasteiger partial charge in [0.2, 0.25) is 5.91 Å². The minimum absolute atomic E-state index is 0.0664. The molecule has 1 aliphatic heterocycles. The molecular formula is C24H22F3N5O2. The van der Waals surface area contributed by atoms with Gasteiger partial charge in [0, 0.05) is 44.1 Å². The molecule has 1 fully saturated rings. The smallest absolute Gasteiger partial charge is 0.336 e. The second kappa shape index (κ2) is 10.0. The van der Waals surface area contributed by atoms with Crippen LogP contribution in [0.5, 0.6) is 0 Å². The van der Waals surface area contributed by atoms with Crippen LogP contribution in [0.1, 0.15) is 15.9 Å². The number of rotatable bonds is 5. The van der Waals surface area contributed by atoms with Gasteiger partial charge in [-0.3, -0.25) is 14.5 Å². The van der Waals surface area contributed by atoms with Crippen LogP contribution < -0.4 is 5.32 Å². The first-order valence-electron chi connectivity index (χ1n) is 10.7. The SMILES string of the molecule is O=C(CN1CCN(C(=O)c2cnc(-c3ccccc3)nc2)CC1)Nc1ccccc1C(F)(F)F. The summed E-state index contributed by atoms with van der Waals surface area (Å²) in [5, 5.41) is 2.35. The molecule has 0 radical (unpaired) electrons. The first kappa shape index (κ1) is 23.4. The van der Waals surface area contributed by atoms with E-state index in [1.807, 2.05) is 30.3 Å². The third-order valence-corrected chi connectivity index (χ3v) is 5.46. The van der Waals surface area contributed by atoms with Gasteiger partial charge >= 0.3 is 6.18 Å². The molecule has 1 N–H and O–H groups in total. The van der Waals surface area contributed by atoms with Crippen molar-refractivity contribution < 1.29 is 22.8 Å². The van der Waals surface area contributed by atoms with Gasteiger partial charge in [0.15, 0.2) is 5.82 Å². The number of carbonyl (C=O) groups is 2. The van der Waals surface area contributed by atoms with Gasteiger partial charge in [-0.25, -0.2) is 9.97 Å². The van der Waals surface area contributed by atoms with Crippen LogP contribution in [-0.2, 0) is 11.0 Å². The Balaban J connectivity index is 1.30. The summed E-state index contributed by atoms with van der Waals surface area (Å²) < 4.78 is 39.3. The van der Waals surface area contributed by atoms with Gasteiger partial charge in [0.1, 0.15) is 0 Å². The molecule has 4 rings (SSSR count). The lowest BCUT2D eigenvalue weighted by Gasteiger charge is -2.34. The maximum absolute atomic E-state index is 13.1. The molecule has 7 nitrogen and oxygen atoms in total. The molecule has 0 saturated carbocycles. The Bertz CT molecular complexity index is 1150. The van der Waals surface area contributed by atoms with Gasteiger partial charge in [-0.05, 0) is 12.1 Å². The highest BCUT2D eigenvalue weighted by Gasteiger charge is 2.33. The molecule has 10 heteroatoms. The van der Waals surface area contributed by atoms with Crippen molar-refractivity contribution >= 4 is 17.5 Å². The predicted octanol–water partition coefficient (Wildman–Crippen LogP) is 3.56. The van der Waals surface area contributed by atoms with Crippen LogP contribution in [0.3, 0.4) is 0 Å². The van der Waals surface area contributed by atoms with Crippen molar-refractivity contribution in [2.24, 2.45) is 0 Å². The summed E-state index contributed by atoms with van der Waals surface area (Å²) in [6, 6.07) is 14.3. The van der Waals surface area contributed by atoms with Crippen molar-refractivity contribution in [1.29, 1.82) is 0 Å². The molecule has 3 aromatic rings. The van der Waals surface area contributed by atoms with Gasteiger partial charge in [-0.2, -0.15) is 13.2 Å². The molecular weight excluding hydrogens is 447 g/mol. The van der Waals surface area contributed by atoms with E-state index in [0.29, 0.717) is 37.6 Å². The van der Waals surface area contributed by atoms with Crippen molar-refractivity contribution in [3.05, 3.63) is 78.1 Å². The van der Waals surface area contributed by atoms with Gasteiger partial charge in [-0.1, -0.05) is 42.5 Å². The first-order chi connectivity index (χ1) is 16.3. The minimum atomic E-state index is -4.56. The zero-order valence-corrected chi connectivity index (χ0v) is 18.1. The lowest BCUT2D eigenvalue weighted by Crippen LogP contribution is -2.50. The summed E-state index contributed by atoms with van der Waals surface area (Å²) in [5.41, 5.74) is 0.0629. The average Bonchev–Trinajstić information content (AvgIpc) is 2.84. The summed E-state index contributed by atoms with van der Waals surface area (Å²) >= 11 is 0. The van der Waals surface area contributed by atoms with E-state index in [9.17, 15) is 22.8 Å². The monoisotopic (exact) mass is 469 g/mol. The largest absolute Gasteiger partial charge is 0.418 e. The van der Waals surface area contributed by atoms with E-state index in [-0.39, 0.29) is 18.1 Å². The van der Waals surface area contributed by atoms with Crippen LogP contribution in [0.25, 0.3) is 11.4 Å². The minimum Gasteiger partial charge on any atom is -0.336 e. The summed E-state index contributed by atoms with van der Waals surface area (Å²) in [6.07, 6.45) is -1.57. The normalized spacial score (nSPS) is 14.6. The molecule has 1 saturated heterocycles. The molecule has 1 aromatic heterocycles. The summed E-state index contributed by atoms with van der Waals surface area (Å²) in [4.78, 5) is 37.1. The van der Waals surface area contributed by atoms with Crippen molar-refractivity contribution in [2.75, 3.05) is 38.0 Å². The Morgan fingerprint density at radius 2 is 1.50 bits per heavy atom. The van der Waals surface area contributed by atoms with E-state index in [4.69, 9.17) is 0 Å². The number of amides is 2. The molecule has 34 heavy (non-hydrogen) atoms. The lowest BCUT2D eigenvalue weighted by molar-refractivity contribution is -0.137. The van der Waals surface area contributed by atoms with Crippen molar-refractivity contribution in [1.82, 2.24) is 19.8 Å². The molecule has 2 aromatic carbocycles. The maximum Gasteiger partial charge on any atom is 0.418 e. The zero-order chi connectivity index (χ0) is 24.1. The molecule has 1 aliphatic rings. The Labute approximate surface area is 194 Å². The summed E-state index contributed by atoms with van der Waals surface area (Å²) in [5.74, 6) is -0.218. The van der Waals surface area contributed by atoms with Crippen LogP contribution in [0.15, 0.2) is 67.0 Å². The van der Waals surface area contributed by atoms with Crippen LogP contribution in [0, 0.1) is 0 Å².